The number of carbonyl (C=O) groups excluding carboxylic acids is 1. The number of ether oxygens (including phenoxy) is 3. The van der Waals surface area contributed by atoms with Crippen LogP contribution < -0.4 is 0 Å². The van der Waals surface area contributed by atoms with Crippen LogP contribution in [0.2, 0.25) is 0 Å². The Morgan fingerprint density at radius 1 is 1.13 bits per heavy atom. The predicted molar refractivity (Wildman–Crippen MR) is 57.7 cm³/mol. The number of rotatable bonds is 8. The Hall–Kier alpha value is -0.610. The van der Waals surface area contributed by atoms with Crippen molar-refractivity contribution >= 4 is 5.97 Å². The van der Waals surface area contributed by atoms with Gasteiger partial charge in [0, 0.05) is 6.61 Å². The van der Waals surface area contributed by atoms with Crippen molar-refractivity contribution in [1.82, 2.24) is 0 Å². The van der Waals surface area contributed by atoms with Crippen LogP contribution in [-0.2, 0) is 19.0 Å². The Balaban J connectivity index is 3.41. The summed E-state index contributed by atoms with van der Waals surface area (Å²) in [4.78, 5) is 11.2. The molecule has 0 aliphatic carbocycles. The van der Waals surface area contributed by atoms with Crippen LogP contribution in [0.15, 0.2) is 0 Å². The molecule has 90 valence electrons. The molecule has 0 spiro atoms. The third-order valence-corrected chi connectivity index (χ3v) is 1.72. The zero-order chi connectivity index (χ0) is 11.7. The molecule has 0 aromatic carbocycles. The summed E-state index contributed by atoms with van der Waals surface area (Å²) in [5.74, 6) is -0.271. The predicted octanol–water partition coefficient (Wildman–Crippen LogP) is 1.63. The maximum absolute atomic E-state index is 11.2. The highest BCUT2D eigenvalue weighted by molar-refractivity contribution is 5.71. The summed E-state index contributed by atoms with van der Waals surface area (Å²) in [5, 5.41) is 0. The second-order valence-electron chi connectivity index (χ2n) is 3.67. The number of hydrogen-bond acceptors (Lipinski definition) is 4. The maximum Gasteiger partial charge on any atom is 0.308 e. The number of esters is 1. The van der Waals surface area contributed by atoms with Crippen molar-refractivity contribution in [1.29, 1.82) is 0 Å². The highest BCUT2D eigenvalue weighted by Crippen LogP contribution is 2.00. The van der Waals surface area contributed by atoms with E-state index in [4.69, 9.17) is 14.2 Å². The van der Waals surface area contributed by atoms with Crippen molar-refractivity contribution in [2.45, 2.75) is 33.8 Å². The molecule has 0 aromatic heterocycles. The fraction of sp³-hybridized carbons (Fsp3) is 0.909. The van der Waals surface area contributed by atoms with Gasteiger partial charge in [-0.05, 0) is 13.8 Å². The van der Waals surface area contributed by atoms with E-state index in [1.54, 1.807) is 0 Å². The summed E-state index contributed by atoms with van der Waals surface area (Å²) in [6.07, 6.45) is -0.193. The van der Waals surface area contributed by atoms with E-state index in [0.29, 0.717) is 26.4 Å². The lowest BCUT2D eigenvalue weighted by atomic mass is 10.2. The Morgan fingerprint density at radius 3 is 2.27 bits per heavy atom. The third-order valence-electron chi connectivity index (χ3n) is 1.72. The van der Waals surface area contributed by atoms with E-state index in [0.717, 1.165) is 0 Å². The van der Waals surface area contributed by atoms with Crippen LogP contribution in [0, 0.1) is 5.92 Å². The van der Waals surface area contributed by atoms with Crippen LogP contribution in [0.5, 0.6) is 0 Å². The minimum atomic E-state index is -0.193. The first-order valence-corrected chi connectivity index (χ1v) is 5.43. The lowest BCUT2D eigenvalue weighted by molar-refractivity contribution is -0.155. The SMILES string of the molecule is CCOCCOCC(C)OC(=O)C(C)C. The molecule has 15 heavy (non-hydrogen) atoms. The molecule has 4 heteroatoms. The highest BCUT2D eigenvalue weighted by atomic mass is 16.6. The maximum atomic E-state index is 11.2. The Morgan fingerprint density at radius 2 is 1.73 bits per heavy atom. The monoisotopic (exact) mass is 218 g/mol. The Labute approximate surface area is 91.9 Å². The summed E-state index contributed by atoms with van der Waals surface area (Å²) < 4.78 is 15.5. The minimum absolute atomic E-state index is 0.0872. The molecule has 0 aliphatic rings. The molecule has 0 rings (SSSR count). The van der Waals surface area contributed by atoms with E-state index in [1.807, 2.05) is 27.7 Å². The first kappa shape index (κ1) is 14.4. The molecule has 0 amide bonds. The van der Waals surface area contributed by atoms with Crippen molar-refractivity contribution in [3.63, 3.8) is 0 Å². The molecule has 0 aromatic rings. The molecular formula is C11H22O4. The molecule has 1 unspecified atom stereocenters. The van der Waals surface area contributed by atoms with E-state index < -0.39 is 0 Å². The average molecular weight is 218 g/mol. The zero-order valence-electron chi connectivity index (χ0n) is 10.1. The minimum Gasteiger partial charge on any atom is -0.460 e. The van der Waals surface area contributed by atoms with Crippen molar-refractivity contribution in [2.75, 3.05) is 26.4 Å². The lowest BCUT2D eigenvalue weighted by Gasteiger charge is -2.14. The summed E-state index contributed by atoms with van der Waals surface area (Å²) >= 11 is 0. The van der Waals surface area contributed by atoms with E-state index in [1.165, 1.54) is 0 Å². The van der Waals surface area contributed by atoms with Gasteiger partial charge in [-0.25, -0.2) is 0 Å². The van der Waals surface area contributed by atoms with Gasteiger partial charge in [-0.2, -0.15) is 0 Å². The first-order chi connectivity index (χ1) is 7.07. The third kappa shape index (κ3) is 8.39. The molecule has 0 bridgehead atoms. The van der Waals surface area contributed by atoms with Crippen LogP contribution in [-0.4, -0.2) is 38.5 Å². The summed E-state index contributed by atoms with van der Waals surface area (Å²) in [6, 6.07) is 0. The molecule has 0 saturated heterocycles. The van der Waals surface area contributed by atoms with E-state index in [9.17, 15) is 4.79 Å². The fourth-order valence-electron chi connectivity index (χ4n) is 0.880. The van der Waals surface area contributed by atoms with Crippen LogP contribution in [0.4, 0.5) is 0 Å². The average Bonchev–Trinajstić information content (AvgIpc) is 2.17. The summed E-state index contributed by atoms with van der Waals surface area (Å²) in [5.41, 5.74) is 0. The molecule has 0 N–H and O–H groups in total. The number of hydrogen-bond donors (Lipinski definition) is 0. The first-order valence-electron chi connectivity index (χ1n) is 5.43. The molecule has 1 atom stereocenters. The van der Waals surface area contributed by atoms with Gasteiger partial charge in [0.15, 0.2) is 0 Å². The van der Waals surface area contributed by atoms with Crippen molar-refractivity contribution < 1.29 is 19.0 Å². The van der Waals surface area contributed by atoms with Gasteiger partial charge in [0.2, 0.25) is 0 Å². The normalized spacial score (nSPS) is 12.9. The Bertz CT molecular complexity index is 168. The zero-order valence-corrected chi connectivity index (χ0v) is 10.1. The van der Waals surface area contributed by atoms with Gasteiger partial charge in [0.05, 0.1) is 25.7 Å². The largest absolute Gasteiger partial charge is 0.460 e. The topological polar surface area (TPSA) is 44.8 Å². The second kappa shape index (κ2) is 8.68. The number of carbonyl (C=O) groups is 1. The van der Waals surface area contributed by atoms with Crippen molar-refractivity contribution in [2.24, 2.45) is 5.92 Å². The Kier molecular flexibility index (Phi) is 8.33. The van der Waals surface area contributed by atoms with Gasteiger partial charge in [0.25, 0.3) is 0 Å². The molecular weight excluding hydrogens is 196 g/mol. The van der Waals surface area contributed by atoms with Gasteiger partial charge in [-0.1, -0.05) is 13.8 Å². The molecule has 0 heterocycles. The molecule has 0 aliphatic heterocycles. The quantitative estimate of drug-likeness (QED) is 0.459. The van der Waals surface area contributed by atoms with Gasteiger partial charge in [0.1, 0.15) is 6.10 Å². The van der Waals surface area contributed by atoms with Crippen LogP contribution in [0.1, 0.15) is 27.7 Å². The van der Waals surface area contributed by atoms with E-state index >= 15 is 0 Å². The molecule has 0 saturated carbocycles. The molecule has 4 nitrogen and oxygen atoms in total. The van der Waals surface area contributed by atoms with E-state index in [-0.39, 0.29) is 18.0 Å². The van der Waals surface area contributed by atoms with Crippen LogP contribution in [0.3, 0.4) is 0 Å². The van der Waals surface area contributed by atoms with Crippen LogP contribution in [0.25, 0.3) is 0 Å². The fourth-order valence-corrected chi connectivity index (χ4v) is 0.880. The molecule has 0 fully saturated rings. The smallest absolute Gasteiger partial charge is 0.308 e. The van der Waals surface area contributed by atoms with E-state index in [2.05, 4.69) is 0 Å². The summed E-state index contributed by atoms with van der Waals surface area (Å²) in [7, 11) is 0. The van der Waals surface area contributed by atoms with Crippen molar-refractivity contribution in [3.05, 3.63) is 0 Å². The highest BCUT2D eigenvalue weighted by Gasteiger charge is 2.12. The van der Waals surface area contributed by atoms with Gasteiger partial charge < -0.3 is 14.2 Å². The van der Waals surface area contributed by atoms with Crippen molar-refractivity contribution in [3.8, 4) is 0 Å². The standard InChI is InChI=1S/C11H22O4/c1-5-13-6-7-14-8-10(4)15-11(12)9(2)3/h9-10H,5-8H2,1-4H3. The second-order valence-corrected chi connectivity index (χ2v) is 3.67. The van der Waals surface area contributed by atoms with Gasteiger partial charge in [-0.3, -0.25) is 4.79 Å². The lowest BCUT2D eigenvalue weighted by Crippen LogP contribution is -2.24. The van der Waals surface area contributed by atoms with Crippen LogP contribution >= 0.6 is 0 Å². The molecule has 0 radical (unpaired) electrons. The summed E-state index contributed by atoms with van der Waals surface area (Å²) in [6.45, 7) is 9.62. The van der Waals surface area contributed by atoms with Gasteiger partial charge in [-0.15, -0.1) is 0 Å². The van der Waals surface area contributed by atoms with Gasteiger partial charge >= 0.3 is 5.97 Å².